The van der Waals surface area contributed by atoms with Crippen molar-refractivity contribution in [3.05, 3.63) is 61.7 Å². The third-order valence-electron chi connectivity index (χ3n) is 4.53. The summed E-state index contributed by atoms with van der Waals surface area (Å²) in [6.45, 7) is 1.35. The third kappa shape index (κ3) is 4.24. The SMILES string of the molecule is O=C(Nc1ccc(Cl)cc1)c1nnc(C2CCCN(C(=O)c3cccs3)C2)s1. The highest BCUT2D eigenvalue weighted by atomic mass is 35.5. The number of rotatable bonds is 4. The summed E-state index contributed by atoms with van der Waals surface area (Å²) >= 11 is 8.60. The van der Waals surface area contributed by atoms with Gasteiger partial charge >= 0.3 is 0 Å². The molecule has 0 aliphatic carbocycles. The first-order valence-electron chi connectivity index (χ1n) is 8.83. The Morgan fingerprint density at radius 3 is 2.75 bits per heavy atom. The lowest BCUT2D eigenvalue weighted by Gasteiger charge is -2.31. The number of amides is 2. The maximum Gasteiger partial charge on any atom is 0.286 e. The number of thiophene rings is 1. The van der Waals surface area contributed by atoms with E-state index in [4.69, 9.17) is 11.6 Å². The molecule has 1 fully saturated rings. The van der Waals surface area contributed by atoms with Crippen molar-refractivity contribution in [1.82, 2.24) is 15.1 Å². The van der Waals surface area contributed by atoms with Crippen LogP contribution in [0.5, 0.6) is 0 Å². The van der Waals surface area contributed by atoms with Crippen LogP contribution in [0.25, 0.3) is 0 Å². The number of benzene rings is 1. The number of nitrogens with zero attached hydrogens (tertiary/aromatic N) is 3. The topological polar surface area (TPSA) is 75.2 Å². The maximum absolute atomic E-state index is 12.6. The number of anilines is 1. The Hall–Kier alpha value is -2.29. The summed E-state index contributed by atoms with van der Waals surface area (Å²) in [7, 11) is 0. The van der Waals surface area contributed by atoms with Gasteiger partial charge in [-0.05, 0) is 48.6 Å². The Bertz CT molecular complexity index is 972. The smallest absolute Gasteiger partial charge is 0.286 e. The highest BCUT2D eigenvalue weighted by Crippen LogP contribution is 2.30. The Morgan fingerprint density at radius 2 is 2.00 bits per heavy atom. The van der Waals surface area contributed by atoms with Crippen LogP contribution in [0.4, 0.5) is 5.69 Å². The van der Waals surface area contributed by atoms with Crippen LogP contribution in [0.2, 0.25) is 5.02 Å². The maximum atomic E-state index is 12.6. The summed E-state index contributed by atoms with van der Waals surface area (Å²) in [5.74, 6) is -0.134. The minimum atomic E-state index is -0.298. The molecule has 0 bridgehead atoms. The average molecular weight is 433 g/mol. The minimum Gasteiger partial charge on any atom is -0.337 e. The van der Waals surface area contributed by atoms with E-state index in [0.29, 0.717) is 22.3 Å². The van der Waals surface area contributed by atoms with Gasteiger partial charge in [0, 0.05) is 29.7 Å². The van der Waals surface area contributed by atoms with Crippen molar-refractivity contribution in [2.75, 3.05) is 18.4 Å². The Labute approximate surface area is 175 Å². The zero-order chi connectivity index (χ0) is 19.5. The zero-order valence-electron chi connectivity index (χ0n) is 14.8. The van der Waals surface area contributed by atoms with Gasteiger partial charge in [0.1, 0.15) is 5.01 Å². The van der Waals surface area contributed by atoms with Crippen LogP contribution in [0.15, 0.2) is 41.8 Å². The fourth-order valence-corrected chi connectivity index (χ4v) is 4.81. The van der Waals surface area contributed by atoms with E-state index < -0.39 is 0 Å². The number of likely N-dealkylation sites (tertiary alicyclic amines) is 1. The van der Waals surface area contributed by atoms with Gasteiger partial charge in [-0.1, -0.05) is 29.0 Å². The van der Waals surface area contributed by atoms with Gasteiger partial charge in [0.15, 0.2) is 0 Å². The fourth-order valence-electron chi connectivity index (χ4n) is 3.13. The Kier molecular flexibility index (Phi) is 5.70. The predicted octanol–water partition coefficient (Wildman–Crippen LogP) is 4.53. The number of piperidine rings is 1. The zero-order valence-corrected chi connectivity index (χ0v) is 17.2. The van der Waals surface area contributed by atoms with Gasteiger partial charge in [-0.15, -0.1) is 21.5 Å². The Morgan fingerprint density at radius 1 is 1.18 bits per heavy atom. The van der Waals surface area contributed by atoms with Crippen molar-refractivity contribution in [2.24, 2.45) is 0 Å². The highest BCUT2D eigenvalue weighted by molar-refractivity contribution is 7.13. The summed E-state index contributed by atoms with van der Waals surface area (Å²) in [5, 5.41) is 14.7. The van der Waals surface area contributed by atoms with Crippen molar-refractivity contribution in [2.45, 2.75) is 18.8 Å². The molecule has 1 aliphatic heterocycles. The molecular weight excluding hydrogens is 416 g/mol. The molecule has 1 atom stereocenters. The molecule has 3 heterocycles. The van der Waals surface area contributed by atoms with Crippen LogP contribution in [-0.2, 0) is 0 Å². The first kappa shape index (κ1) is 19.0. The van der Waals surface area contributed by atoms with E-state index in [1.165, 1.54) is 22.7 Å². The summed E-state index contributed by atoms with van der Waals surface area (Å²) in [6.07, 6.45) is 1.84. The van der Waals surface area contributed by atoms with Crippen LogP contribution in [0.3, 0.4) is 0 Å². The molecule has 1 unspecified atom stereocenters. The normalized spacial score (nSPS) is 16.8. The molecule has 3 aromatic rings. The molecule has 1 saturated heterocycles. The molecule has 28 heavy (non-hydrogen) atoms. The van der Waals surface area contributed by atoms with Crippen molar-refractivity contribution in [3.8, 4) is 0 Å². The number of carbonyl (C=O) groups excluding carboxylic acids is 2. The number of hydrogen-bond donors (Lipinski definition) is 1. The average Bonchev–Trinajstić information content (AvgIpc) is 3.41. The van der Waals surface area contributed by atoms with E-state index in [2.05, 4.69) is 15.5 Å². The monoisotopic (exact) mass is 432 g/mol. The number of aromatic nitrogens is 2. The standard InChI is InChI=1S/C19H17ClN4O2S2/c20-13-5-7-14(8-6-13)21-16(25)18-23-22-17(28-18)12-3-1-9-24(11-12)19(26)15-4-2-10-27-15/h2,4-8,10,12H,1,3,9,11H2,(H,21,25). The van der Waals surface area contributed by atoms with Gasteiger partial charge in [0.05, 0.1) is 4.88 Å². The van der Waals surface area contributed by atoms with Gasteiger partial charge in [-0.2, -0.15) is 0 Å². The van der Waals surface area contributed by atoms with E-state index in [9.17, 15) is 9.59 Å². The van der Waals surface area contributed by atoms with Crippen molar-refractivity contribution >= 4 is 51.8 Å². The first-order chi connectivity index (χ1) is 13.6. The van der Waals surface area contributed by atoms with Gasteiger partial charge in [0.2, 0.25) is 5.01 Å². The van der Waals surface area contributed by atoms with Crippen molar-refractivity contribution < 1.29 is 9.59 Å². The first-order valence-corrected chi connectivity index (χ1v) is 10.9. The predicted molar refractivity (Wildman–Crippen MR) is 112 cm³/mol. The van der Waals surface area contributed by atoms with Crippen molar-refractivity contribution in [1.29, 1.82) is 0 Å². The van der Waals surface area contributed by atoms with E-state index in [1.54, 1.807) is 24.3 Å². The van der Waals surface area contributed by atoms with E-state index >= 15 is 0 Å². The summed E-state index contributed by atoms with van der Waals surface area (Å²) < 4.78 is 0. The lowest BCUT2D eigenvalue weighted by atomic mass is 9.98. The molecule has 2 aromatic heterocycles. The van der Waals surface area contributed by atoms with Gasteiger partial charge in [0.25, 0.3) is 11.8 Å². The number of carbonyl (C=O) groups is 2. The van der Waals surface area contributed by atoms with Crippen LogP contribution in [-0.4, -0.2) is 40.0 Å². The third-order valence-corrected chi connectivity index (χ3v) is 6.72. The van der Waals surface area contributed by atoms with E-state index in [0.717, 1.165) is 29.3 Å². The molecule has 0 radical (unpaired) electrons. The lowest BCUT2D eigenvalue weighted by Crippen LogP contribution is -2.38. The molecule has 9 heteroatoms. The Balaban J connectivity index is 1.42. The second kappa shape index (κ2) is 8.38. The van der Waals surface area contributed by atoms with Crippen molar-refractivity contribution in [3.63, 3.8) is 0 Å². The minimum absolute atomic E-state index is 0.0601. The second-order valence-electron chi connectivity index (χ2n) is 6.47. The molecule has 144 valence electrons. The molecule has 1 aliphatic rings. The van der Waals surface area contributed by atoms with Gasteiger partial charge in [-0.25, -0.2) is 0 Å². The summed E-state index contributed by atoms with van der Waals surface area (Å²) in [5.41, 5.74) is 0.650. The quantitative estimate of drug-likeness (QED) is 0.657. The second-order valence-corrected chi connectivity index (χ2v) is 8.87. The molecule has 4 rings (SSSR count). The molecular formula is C19H17ClN4O2S2. The molecule has 1 N–H and O–H groups in total. The number of hydrogen-bond acceptors (Lipinski definition) is 6. The molecule has 6 nitrogen and oxygen atoms in total. The highest BCUT2D eigenvalue weighted by Gasteiger charge is 2.28. The number of nitrogens with one attached hydrogen (secondary N) is 1. The van der Waals surface area contributed by atoms with Crippen LogP contribution >= 0.6 is 34.3 Å². The largest absolute Gasteiger partial charge is 0.337 e. The summed E-state index contributed by atoms with van der Waals surface area (Å²) in [6, 6.07) is 10.6. The summed E-state index contributed by atoms with van der Waals surface area (Å²) in [4.78, 5) is 27.7. The molecule has 0 spiro atoms. The van der Waals surface area contributed by atoms with Gasteiger partial charge in [-0.3, -0.25) is 9.59 Å². The lowest BCUT2D eigenvalue weighted by molar-refractivity contribution is 0.0711. The van der Waals surface area contributed by atoms with Crippen LogP contribution in [0.1, 0.15) is 43.2 Å². The fraction of sp³-hybridized carbons (Fsp3) is 0.263. The van der Waals surface area contributed by atoms with Gasteiger partial charge < -0.3 is 10.2 Å². The van der Waals surface area contributed by atoms with E-state index in [1.807, 2.05) is 22.4 Å². The van der Waals surface area contributed by atoms with Crippen LogP contribution in [0, 0.1) is 0 Å². The van der Waals surface area contributed by atoms with E-state index in [-0.39, 0.29) is 17.7 Å². The number of halogens is 1. The molecule has 1 aromatic carbocycles. The van der Waals surface area contributed by atoms with Crippen LogP contribution < -0.4 is 5.32 Å². The molecule has 2 amide bonds. The molecule has 0 saturated carbocycles.